The highest BCUT2D eigenvalue weighted by Gasteiger charge is 2.13. The summed E-state index contributed by atoms with van der Waals surface area (Å²) in [5.41, 5.74) is 1.94. The highest BCUT2D eigenvalue weighted by Crippen LogP contribution is 2.14. The summed E-state index contributed by atoms with van der Waals surface area (Å²) in [5, 5.41) is 5.69. The number of ether oxygens (including phenoxy) is 2. The number of nitrogens with zero attached hydrogens (tertiary/aromatic N) is 1. The SMILES string of the molecule is COc1cccc(CO[C@H](C)C(=O)NCc2nc(C)cs2)c1. The zero-order valence-corrected chi connectivity index (χ0v) is 13.8. The van der Waals surface area contributed by atoms with Crippen LogP contribution < -0.4 is 10.1 Å². The summed E-state index contributed by atoms with van der Waals surface area (Å²) >= 11 is 1.54. The molecule has 0 aliphatic rings. The Morgan fingerprint density at radius 3 is 2.95 bits per heavy atom. The summed E-state index contributed by atoms with van der Waals surface area (Å²) in [5.74, 6) is 0.632. The Kier molecular flexibility index (Phi) is 5.91. The van der Waals surface area contributed by atoms with Crippen LogP contribution in [0.15, 0.2) is 29.6 Å². The van der Waals surface area contributed by atoms with Gasteiger partial charge in [-0.2, -0.15) is 0 Å². The van der Waals surface area contributed by atoms with Crippen molar-refractivity contribution in [2.45, 2.75) is 33.1 Å². The molecule has 0 saturated carbocycles. The van der Waals surface area contributed by atoms with Crippen LogP contribution in [0.4, 0.5) is 0 Å². The maximum Gasteiger partial charge on any atom is 0.249 e. The van der Waals surface area contributed by atoms with Crippen LogP contribution in [0.1, 0.15) is 23.2 Å². The minimum atomic E-state index is -0.521. The van der Waals surface area contributed by atoms with Crippen molar-refractivity contribution < 1.29 is 14.3 Å². The van der Waals surface area contributed by atoms with Crippen molar-refractivity contribution in [2.75, 3.05) is 7.11 Å². The first-order valence-electron chi connectivity index (χ1n) is 7.01. The van der Waals surface area contributed by atoms with Crippen molar-refractivity contribution in [3.05, 3.63) is 45.9 Å². The molecule has 0 saturated heterocycles. The number of amides is 1. The largest absolute Gasteiger partial charge is 0.497 e. The Bertz CT molecular complexity index is 627. The molecule has 2 aromatic rings. The molecule has 1 aromatic carbocycles. The molecule has 1 amide bonds. The Morgan fingerprint density at radius 1 is 1.45 bits per heavy atom. The third-order valence-corrected chi connectivity index (χ3v) is 4.05. The number of thiazole rings is 1. The molecule has 0 unspecified atom stereocenters. The normalized spacial score (nSPS) is 12.0. The summed E-state index contributed by atoms with van der Waals surface area (Å²) in [7, 11) is 1.62. The van der Waals surface area contributed by atoms with Crippen LogP contribution in [0.3, 0.4) is 0 Å². The first kappa shape index (κ1) is 16.5. The van der Waals surface area contributed by atoms with E-state index in [0.717, 1.165) is 22.0 Å². The quantitative estimate of drug-likeness (QED) is 0.852. The molecule has 0 spiro atoms. The molecule has 0 bridgehead atoms. The molecule has 1 N–H and O–H groups in total. The molecule has 5 nitrogen and oxygen atoms in total. The number of carbonyl (C=O) groups excluding carboxylic acids is 1. The smallest absolute Gasteiger partial charge is 0.249 e. The monoisotopic (exact) mass is 320 g/mol. The van der Waals surface area contributed by atoms with E-state index in [2.05, 4.69) is 10.3 Å². The molecule has 1 atom stereocenters. The zero-order valence-electron chi connectivity index (χ0n) is 13.0. The van der Waals surface area contributed by atoms with E-state index < -0.39 is 6.10 Å². The van der Waals surface area contributed by atoms with Gasteiger partial charge in [-0.25, -0.2) is 4.98 Å². The minimum Gasteiger partial charge on any atom is -0.497 e. The van der Waals surface area contributed by atoms with Gasteiger partial charge in [0.25, 0.3) is 0 Å². The fourth-order valence-electron chi connectivity index (χ4n) is 1.85. The summed E-state index contributed by atoms with van der Waals surface area (Å²) in [6.45, 7) is 4.47. The molecule has 6 heteroatoms. The average Bonchev–Trinajstić information content (AvgIpc) is 2.96. The average molecular weight is 320 g/mol. The molecule has 2 rings (SSSR count). The van der Waals surface area contributed by atoms with Crippen LogP contribution in [0.25, 0.3) is 0 Å². The van der Waals surface area contributed by atoms with Gasteiger partial charge in [-0.05, 0) is 31.5 Å². The Labute approximate surface area is 134 Å². The van der Waals surface area contributed by atoms with Gasteiger partial charge in [-0.1, -0.05) is 12.1 Å². The molecule has 0 radical (unpaired) electrons. The molecule has 1 aromatic heterocycles. The lowest BCUT2D eigenvalue weighted by Crippen LogP contribution is -2.34. The summed E-state index contributed by atoms with van der Waals surface area (Å²) in [6.07, 6.45) is -0.521. The van der Waals surface area contributed by atoms with Gasteiger partial charge in [0.1, 0.15) is 16.9 Å². The number of benzene rings is 1. The number of carbonyl (C=O) groups is 1. The third-order valence-electron chi connectivity index (χ3n) is 3.08. The lowest BCUT2D eigenvalue weighted by atomic mass is 10.2. The lowest BCUT2D eigenvalue weighted by Gasteiger charge is -2.13. The molecule has 0 aliphatic carbocycles. The third kappa shape index (κ3) is 4.82. The van der Waals surface area contributed by atoms with Crippen molar-refractivity contribution in [1.82, 2.24) is 10.3 Å². The van der Waals surface area contributed by atoms with Crippen LogP contribution in [-0.2, 0) is 22.7 Å². The molecular weight excluding hydrogens is 300 g/mol. The van der Waals surface area contributed by atoms with Gasteiger partial charge in [-0.15, -0.1) is 11.3 Å². The summed E-state index contributed by atoms with van der Waals surface area (Å²) in [6, 6.07) is 7.59. The minimum absolute atomic E-state index is 0.143. The predicted octanol–water partition coefficient (Wildman–Crippen LogP) is 2.68. The van der Waals surface area contributed by atoms with Gasteiger partial charge >= 0.3 is 0 Å². The van der Waals surface area contributed by atoms with E-state index in [1.54, 1.807) is 14.0 Å². The van der Waals surface area contributed by atoms with E-state index in [4.69, 9.17) is 9.47 Å². The second kappa shape index (κ2) is 7.91. The maximum absolute atomic E-state index is 12.0. The van der Waals surface area contributed by atoms with Gasteiger partial charge in [0.2, 0.25) is 5.91 Å². The number of nitrogens with one attached hydrogen (secondary N) is 1. The molecule has 22 heavy (non-hydrogen) atoms. The van der Waals surface area contributed by atoms with Crippen LogP contribution >= 0.6 is 11.3 Å². The predicted molar refractivity (Wildman–Crippen MR) is 85.9 cm³/mol. The van der Waals surface area contributed by atoms with Gasteiger partial charge in [0.15, 0.2) is 0 Å². The number of aromatic nitrogens is 1. The van der Waals surface area contributed by atoms with Crippen LogP contribution in [-0.4, -0.2) is 24.1 Å². The number of hydrogen-bond acceptors (Lipinski definition) is 5. The van der Waals surface area contributed by atoms with E-state index >= 15 is 0 Å². The van der Waals surface area contributed by atoms with Crippen LogP contribution in [0.2, 0.25) is 0 Å². The number of hydrogen-bond donors (Lipinski definition) is 1. The topological polar surface area (TPSA) is 60.5 Å². The highest BCUT2D eigenvalue weighted by molar-refractivity contribution is 7.09. The number of rotatable bonds is 7. The molecule has 1 heterocycles. The second-order valence-corrected chi connectivity index (χ2v) is 5.85. The van der Waals surface area contributed by atoms with E-state index in [9.17, 15) is 4.79 Å². The van der Waals surface area contributed by atoms with E-state index in [-0.39, 0.29) is 5.91 Å². The van der Waals surface area contributed by atoms with E-state index in [1.807, 2.05) is 36.6 Å². The Balaban J connectivity index is 1.78. The summed E-state index contributed by atoms with van der Waals surface area (Å²) < 4.78 is 10.8. The van der Waals surface area contributed by atoms with Gasteiger partial charge in [0, 0.05) is 11.1 Å². The lowest BCUT2D eigenvalue weighted by molar-refractivity contribution is -0.132. The first-order chi connectivity index (χ1) is 10.6. The molecule has 118 valence electrons. The van der Waals surface area contributed by atoms with Crippen LogP contribution in [0.5, 0.6) is 5.75 Å². The van der Waals surface area contributed by atoms with Gasteiger partial charge in [0.05, 0.1) is 20.3 Å². The maximum atomic E-state index is 12.0. The second-order valence-electron chi connectivity index (χ2n) is 4.91. The zero-order chi connectivity index (χ0) is 15.9. The van der Waals surface area contributed by atoms with E-state index in [0.29, 0.717) is 13.2 Å². The van der Waals surface area contributed by atoms with Crippen LogP contribution in [0, 0.1) is 6.92 Å². The highest BCUT2D eigenvalue weighted by atomic mass is 32.1. The van der Waals surface area contributed by atoms with Crippen molar-refractivity contribution in [2.24, 2.45) is 0 Å². The van der Waals surface area contributed by atoms with Crippen molar-refractivity contribution >= 4 is 17.2 Å². The Morgan fingerprint density at radius 2 is 2.27 bits per heavy atom. The van der Waals surface area contributed by atoms with Gasteiger partial charge < -0.3 is 14.8 Å². The van der Waals surface area contributed by atoms with Crippen molar-refractivity contribution in [1.29, 1.82) is 0 Å². The molecular formula is C16H20N2O3S. The van der Waals surface area contributed by atoms with Crippen molar-refractivity contribution in [3.8, 4) is 5.75 Å². The molecule has 0 fully saturated rings. The van der Waals surface area contributed by atoms with Gasteiger partial charge in [-0.3, -0.25) is 4.79 Å². The van der Waals surface area contributed by atoms with Crippen molar-refractivity contribution in [3.63, 3.8) is 0 Å². The Hall–Kier alpha value is -1.92. The number of methoxy groups -OCH3 is 1. The first-order valence-corrected chi connectivity index (χ1v) is 7.89. The molecule has 0 aliphatic heterocycles. The number of aryl methyl sites for hydroxylation is 1. The summed E-state index contributed by atoms with van der Waals surface area (Å²) in [4.78, 5) is 16.3. The van der Waals surface area contributed by atoms with E-state index in [1.165, 1.54) is 11.3 Å². The fraction of sp³-hybridized carbons (Fsp3) is 0.375. The standard InChI is InChI=1S/C16H20N2O3S/c1-11-10-22-15(18-11)8-17-16(19)12(2)21-9-13-5-4-6-14(7-13)20-3/h4-7,10,12H,8-9H2,1-3H3,(H,17,19)/t12-/m1/s1. The fourth-order valence-corrected chi connectivity index (χ4v) is 2.56.